The Labute approximate surface area is 120 Å². The summed E-state index contributed by atoms with van der Waals surface area (Å²) in [4.78, 5) is 2.22. The monoisotopic (exact) mass is 286 g/mol. The summed E-state index contributed by atoms with van der Waals surface area (Å²) in [6, 6.07) is 4.88. The van der Waals surface area contributed by atoms with Crippen molar-refractivity contribution in [2.24, 2.45) is 11.7 Å². The molecule has 0 heterocycles. The van der Waals surface area contributed by atoms with E-state index in [0.717, 1.165) is 6.54 Å². The standard InChI is InChI=1S/C15H24ClFN2/c1-10(2)9-19(11(3)4)14(8-18)15-12(16)6-5-7-13(15)17/h5-7,10-11,14H,8-9,18H2,1-4H3. The van der Waals surface area contributed by atoms with Gasteiger partial charge in [-0.05, 0) is 31.9 Å². The summed E-state index contributed by atoms with van der Waals surface area (Å²) in [5, 5.41) is 0.449. The molecule has 0 saturated carbocycles. The van der Waals surface area contributed by atoms with E-state index >= 15 is 0 Å². The van der Waals surface area contributed by atoms with Gasteiger partial charge < -0.3 is 5.73 Å². The van der Waals surface area contributed by atoms with Gasteiger partial charge in [-0.1, -0.05) is 31.5 Å². The third-order valence-electron chi connectivity index (χ3n) is 3.20. The Morgan fingerprint density at radius 1 is 1.26 bits per heavy atom. The van der Waals surface area contributed by atoms with E-state index < -0.39 is 0 Å². The molecule has 1 atom stereocenters. The smallest absolute Gasteiger partial charge is 0.129 e. The van der Waals surface area contributed by atoms with E-state index in [1.807, 2.05) is 0 Å². The summed E-state index contributed by atoms with van der Waals surface area (Å²) in [6.45, 7) is 9.70. The van der Waals surface area contributed by atoms with Crippen LogP contribution >= 0.6 is 11.6 Å². The van der Waals surface area contributed by atoms with E-state index in [1.54, 1.807) is 12.1 Å². The predicted molar refractivity (Wildman–Crippen MR) is 79.9 cm³/mol. The van der Waals surface area contributed by atoms with Gasteiger partial charge in [-0.3, -0.25) is 4.90 Å². The van der Waals surface area contributed by atoms with E-state index in [1.165, 1.54) is 6.07 Å². The molecule has 0 bridgehead atoms. The zero-order chi connectivity index (χ0) is 14.6. The normalized spacial score (nSPS) is 13.6. The third-order valence-corrected chi connectivity index (χ3v) is 3.53. The average Bonchev–Trinajstić information content (AvgIpc) is 2.31. The average molecular weight is 287 g/mol. The quantitative estimate of drug-likeness (QED) is 0.861. The van der Waals surface area contributed by atoms with Crippen molar-refractivity contribution in [3.63, 3.8) is 0 Å². The predicted octanol–water partition coefficient (Wildman–Crippen LogP) is 3.85. The minimum atomic E-state index is -0.280. The van der Waals surface area contributed by atoms with Crippen molar-refractivity contribution in [1.82, 2.24) is 4.90 Å². The molecule has 0 saturated heterocycles. The van der Waals surface area contributed by atoms with Crippen molar-refractivity contribution in [1.29, 1.82) is 0 Å². The molecule has 0 aliphatic heterocycles. The SMILES string of the molecule is CC(C)CN(C(C)C)C(CN)c1c(F)cccc1Cl. The van der Waals surface area contributed by atoms with Gasteiger partial charge in [0.15, 0.2) is 0 Å². The number of rotatable bonds is 6. The van der Waals surface area contributed by atoms with Gasteiger partial charge in [0.2, 0.25) is 0 Å². The van der Waals surface area contributed by atoms with Crippen LogP contribution in [0.5, 0.6) is 0 Å². The lowest BCUT2D eigenvalue weighted by Gasteiger charge is -2.36. The molecule has 1 rings (SSSR count). The van der Waals surface area contributed by atoms with Crippen LogP contribution in [0.3, 0.4) is 0 Å². The first kappa shape index (κ1) is 16.4. The lowest BCUT2D eigenvalue weighted by molar-refractivity contribution is 0.136. The Morgan fingerprint density at radius 3 is 2.32 bits per heavy atom. The first-order valence-corrected chi connectivity index (χ1v) is 7.16. The first-order chi connectivity index (χ1) is 8.88. The molecule has 1 aromatic rings. The number of halogens is 2. The highest BCUT2D eigenvalue weighted by Crippen LogP contribution is 2.31. The Kier molecular flexibility index (Phi) is 6.24. The van der Waals surface area contributed by atoms with Crippen LogP contribution in [0.1, 0.15) is 39.3 Å². The second kappa shape index (κ2) is 7.22. The Balaban J connectivity index is 3.16. The van der Waals surface area contributed by atoms with Gasteiger partial charge in [0, 0.05) is 29.7 Å². The Bertz CT molecular complexity index is 387. The molecule has 1 unspecified atom stereocenters. The van der Waals surface area contributed by atoms with Crippen LogP contribution in [-0.2, 0) is 0 Å². The minimum absolute atomic E-state index is 0.184. The number of benzene rings is 1. The number of hydrogen-bond donors (Lipinski definition) is 1. The van der Waals surface area contributed by atoms with Gasteiger partial charge in [-0.2, -0.15) is 0 Å². The summed E-state index contributed by atoms with van der Waals surface area (Å²) in [7, 11) is 0. The Hall–Kier alpha value is -0.640. The number of nitrogens with zero attached hydrogens (tertiary/aromatic N) is 1. The molecule has 0 aromatic heterocycles. The van der Waals surface area contributed by atoms with Crippen LogP contribution in [0, 0.1) is 11.7 Å². The molecule has 0 fully saturated rings. The highest BCUT2D eigenvalue weighted by molar-refractivity contribution is 6.31. The maximum Gasteiger partial charge on any atom is 0.129 e. The maximum atomic E-state index is 14.1. The maximum absolute atomic E-state index is 14.1. The zero-order valence-electron chi connectivity index (χ0n) is 12.2. The second-order valence-corrected chi connectivity index (χ2v) is 5.98. The summed E-state index contributed by atoms with van der Waals surface area (Å²) in [5.41, 5.74) is 6.40. The number of hydrogen-bond acceptors (Lipinski definition) is 2. The lowest BCUT2D eigenvalue weighted by atomic mass is 10.0. The highest BCUT2D eigenvalue weighted by Gasteiger charge is 2.26. The molecule has 1 aromatic carbocycles. The fourth-order valence-electron chi connectivity index (χ4n) is 2.37. The molecule has 4 heteroatoms. The fraction of sp³-hybridized carbons (Fsp3) is 0.600. The molecule has 0 aliphatic carbocycles. The molecule has 0 spiro atoms. The van der Waals surface area contributed by atoms with E-state index in [2.05, 4.69) is 32.6 Å². The van der Waals surface area contributed by atoms with Crippen molar-refractivity contribution < 1.29 is 4.39 Å². The molecule has 2 nitrogen and oxygen atoms in total. The van der Waals surface area contributed by atoms with Crippen molar-refractivity contribution >= 4 is 11.6 Å². The molecular weight excluding hydrogens is 263 g/mol. The zero-order valence-corrected chi connectivity index (χ0v) is 12.9. The number of nitrogens with two attached hydrogens (primary N) is 1. The Morgan fingerprint density at radius 2 is 1.89 bits per heavy atom. The highest BCUT2D eigenvalue weighted by atomic mass is 35.5. The topological polar surface area (TPSA) is 29.3 Å². The summed E-state index contributed by atoms with van der Waals surface area (Å²) in [5.74, 6) is 0.208. The first-order valence-electron chi connectivity index (χ1n) is 6.78. The van der Waals surface area contributed by atoms with E-state index in [4.69, 9.17) is 17.3 Å². The van der Waals surface area contributed by atoms with Crippen LogP contribution in [0.4, 0.5) is 4.39 Å². The van der Waals surface area contributed by atoms with E-state index in [-0.39, 0.29) is 17.9 Å². The summed E-state index contributed by atoms with van der Waals surface area (Å²) in [6.07, 6.45) is 0. The van der Waals surface area contributed by atoms with Gasteiger partial charge >= 0.3 is 0 Å². The van der Waals surface area contributed by atoms with Gasteiger partial charge in [0.25, 0.3) is 0 Å². The lowest BCUT2D eigenvalue weighted by Crippen LogP contribution is -2.41. The van der Waals surface area contributed by atoms with Crippen molar-refractivity contribution in [2.45, 2.75) is 39.8 Å². The van der Waals surface area contributed by atoms with Crippen LogP contribution in [0.25, 0.3) is 0 Å². The van der Waals surface area contributed by atoms with Gasteiger partial charge in [-0.25, -0.2) is 4.39 Å². The van der Waals surface area contributed by atoms with Gasteiger partial charge in [-0.15, -0.1) is 0 Å². The van der Waals surface area contributed by atoms with Crippen molar-refractivity contribution in [2.75, 3.05) is 13.1 Å². The van der Waals surface area contributed by atoms with E-state index in [0.29, 0.717) is 23.0 Å². The molecule has 108 valence electrons. The molecule has 0 radical (unpaired) electrons. The van der Waals surface area contributed by atoms with Crippen LogP contribution < -0.4 is 5.73 Å². The largest absolute Gasteiger partial charge is 0.329 e. The second-order valence-electron chi connectivity index (χ2n) is 5.57. The van der Waals surface area contributed by atoms with Crippen LogP contribution in [0.2, 0.25) is 5.02 Å². The fourth-order valence-corrected chi connectivity index (χ4v) is 2.66. The summed E-state index contributed by atoms with van der Waals surface area (Å²) < 4.78 is 14.1. The summed E-state index contributed by atoms with van der Waals surface area (Å²) >= 11 is 6.17. The third kappa shape index (κ3) is 4.16. The van der Waals surface area contributed by atoms with E-state index in [9.17, 15) is 4.39 Å². The molecule has 19 heavy (non-hydrogen) atoms. The van der Waals surface area contributed by atoms with Crippen molar-refractivity contribution in [3.8, 4) is 0 Å². The minimum Gasteiger partial charge on any atom is -0.329 e. The van der Waals surface area contributed by atoms with Gasteiger partial charge in [0.1, 0.15) is 5.82 Å². The van der Waals surface area contributed by atoms with Crippen LogP contribution in [0.15, 0.2) is 18.2 Å². The van der Waals surface area contributed by atoms with Crippen molar-refractivity contribution in [3.05, 3.63) is 34.6 Å². The van der Waals surface area contributed by atoms with Gasteiger partial charge in [0.05, 0.1) is 6.04 Å². The molecule has 0 amide bonds. The molecule has 0 aliphatic rings. The van der Waals surface area contributed by atoms with Crippen LogP contribution in [-0.4, -0.2) is 24.0 Å². The molecular formula is C15H24ClFN2. The molecule has 2 N–H and O–H groups in total.